The standard InChI is InChI=1S/C23H23BrN8O2/c1-13-2-3-14(24)10-18(13)32-12-27-19(21(25)33)20(32)22(34)30-23-28-16-5-4-15(11-17(16)29-23)31-8-6-26-7-9-31/h2-5,10-12,26H,6-9H2,1H3,(H2,25,33)(H2,28,29,30,34). The molecule has 0 aliphatic carbocycles. The van der Waals surface area contributed by atoms with Crippen LogP contribution < -0.4 is 21.3 Å². The van der Waals surface area contributed by atoms with Gasteiger partial charge in [0.25, 0.3) is 11.8 Å². The molecule has 34 heavy (non-hydrogen) atoms. The third-order valence-corrected chi connectivity index (χ3v) is 6.32. The van der Waals surface area contributed by atoms with Crippen LogP contribution in [0.3, 0.4) is 0 Å². The molecule has 174 valence electrons. The topological polar surface area (TPSA) is 134 Å². The Hall–Kier alpha value is -3.70. The first-order valence-corrected chi connectivity index (χ1v) is 11.6. The number of H-pyrrole nitrogens is 1. The molecule has 5 N–H and O–H groups in total. The quantitative estimate of drug-likeness (QED) is 0.318. The van der Waals surface area contributed by atoms with E-state index in [4.69, 9.17) is 5.73 Å². The molecule has 0 bridgehead atoms. The Kier molecular flexibility index (Phi) is 5.80. The lowest BCUT2D eigenvalue weighted by atomic mass is 10.2. The number of rotatable bonds is 5. The fourth-order valence-corrected chi connectivity index (χ4v) is 4.46. The number of aromatic amines is 1. The van der Waals surface area contributed by atoms with Crippen molar-refractivity contribution in [3.8, 4) is 5.69 Å². The summed E-state index contributed by atoms with van der Waals surface area (Å²) < 4.78 is 2.38. The number of hydrogen-bond acceptors (Lipinski definition) is 6. The van der Waals surface area contributed by atoms with Gasteiger partial charge in [-0.25, -0.2) is 9.97 Å². The second-order valence-electron chi connectivity index (χ2n) is 8.08. The molecule has 2 amide bonds. The molecule has 0 radical (unpaired) electrons. The van der Waals surface area contributed by atoms with Gasteiger partial charge in [-0.2, -0.15) is 0 Å². The van der Waals surface area contributed by atoms with Gasteiger partial charge < -0.3 is 20.9 Å². The largest absolute Gasteiger partial charge is 0.369 e. The van der Waals surface area contributed by atoms with E-state index in [1.165, 1.54) is 6.33 Å². The van der Waals surface area contributed by atoms with Crippen LogP contribution in [0.1, 0.15) is 26.5 Å². The summed E-state index contributed by atoms with van der Waals surface area (Å²) in [5.74, 6) is -1.07. The Morgan fingerprint density at radius 1 is 1.15 bits per heavy atom. The lowest BCUT2D eigenvalue weighted by Gasteiger charge is -2.29. The van der Waals surface area contributed by atoms with Crippen molar-refractivity contribution in [3.05, 3.63) is 64.1 Å². The van der Waals surface area contributed by atoms with Gasteiger partial charge in [0.05, 0.1) is 16.7 Å². The molecule has 5 rings (SSSR count). The first-order valence-electron chi connectivity index (χ1n) is 10.8. The molecule has 0 unspecified atom stereocenters. The summed E-state index contributed by atoms with van der Waals surface area (Å²) in [6.45, 7) is 5.63. The lowest BCUT2D eigenvalue weighted by molar-refractivity contribution is 0.0970. The van der Waals surface area contributed by atoms with Crippen molar-refractivity contribution >= 4 is 50.4 Å². The third-order valence-electron chi connectivity index (χ3n) is 5.83. The average molecular weight is 523 g/mol. The molecule has 0 atom stereocenters. The zero-order valence-electron chi connectivity index (χ0n) is 18.4. The highest BCUT2D eigenvalue weighted by molar-refractivity contribution is 9.10. The van der Waals surface area contributed by atoms with Gasteiger partial charge in [-0.15, -0.1) is 0 Å². The van der Waals surface area contributed by atoms with Crippen molar-refractivity contribution in [1.82, 2.24) is 24.8 Å². The summed E-state index contributed by atoms with van der Waals surface area (Å²) in [5, 5.41) is 6.11. The molecule has 0 spiro atoms. The average Bonchev–Trinajstić information content (AvgIpc) is 3.44. The molecule has 11 heteroatoms. The van der Waals surface area contributed by atoms with Crippen LogP contribution in [0.2, 0.25) is 0 Å². The Morgan fingerprint density at radius 2 is 1.94 bits per heavy atom. The molecule has 10 nitrogen and oxygen atoms in total. The van der Waals surface area contributed by atoms with Crippen LogP contribution in [0.4, 0.5) is 11.6 Å². The second kappa shape index (κ2) is 8.92. The van der Waals surface area contributed by atoms with E-state index in [1.54, 1.807) is 4.57 Å². The highest BCUT2D eigenvalue weighted by Gasteiger charge is 2.25. The number of nitrogens with two attached hydrogens (primary N) is 1. The van der Waals surface area contributed by atoms with Gasteiger partial charge in [-0.1, -0.05) is 22.0 Å². The number of carbonyl (C=O) groups excluding carboxylic acids is 2. The van der Waals surface area contributed by atoms with Crippen LogP contribution in [-0.4, -0.2) is 57.5 Å². The first-order chi connectivity index (χ1) is 16.4. The number of hydrogen-bond donors (Lipinski definition) is 4. The summed E-state index contributed by atoms with van der Waals surface area (Å²) in [6.07, 6.45) is 1.42. The number of aryl methyl sites for hydroxylation is 1. The first kappa shape index (κ1) is 22.1. The van der Waals surface area contributed by atoms with Crippen LogP contribution in [0.25, 0.3) is 16.7 Å². The number of carbonyl (C=O) groups is 2. The van der Waals surface area contributed by atoms with Gasteiger partial charge in [0.1, 0.15) is 12.0 Å². The molecular weight excluding hydrogens is 500 g/mol. The van der Waals surface area contributed by atoms with Crippen molar-refractivity contribution in [3.63, 3.8) is 0 Å². The second-order valence-corrected chi connectivity index (χ2v) is 9.00. The van der Waals surface area contributed by atoms with Crippen LogP contribution >= 0.6 is 15.9 Å². The molecule has 0 saturated carbocycles. The van der Waals surface area contributed by atoms with Crippen LogP contribution in [0.5, 0.6) is 0 Å². The Morgan fingerprint density at radius 3 is 2.71 bits per heavy atom. The van der Waals surface area contributed by atoms with Gasteiger partial charge in [-0.3, -0.25) is 19.5 Å². The molecule has 4 aromatic rings. The molecule has 1 saturated heterocycles. The molecular formula is C23H23BrN8O2. The molecule has 1 aliphatic rings. The Balaban J connectivity index is 1.47. The fraction of sp³-hybridized carbons (Fsp3) is 0.217. The minimum Gasteiger partial charge on any atom is -0.369 e. The Bertz CT molecular complexity index is 1400. The highest BCUT2D eigenvalue weighted by atomic mass is 79.9. The van der Waals surface area contributed by atoms with E-state index in [2.05, 4.69) is 46.4 Å². The maximum absolute atomic E-state index is 13.3. The lowest BCUT2D eigenvalue weighted by Crippen LogP contribution is -2.43. The van der Waals surface area contributed by atoms with E-state index in [9.17, 15) is 9.59 Å². The smallest absolute Gasteiger partial charge is 0.277 e. The van der Waals surface area contributed by atoms with E-state index in [0.717, 1.165) is 52.9 Å². The molecule has 1 fully saturated rings. The van der Waals surface area contributed by atoms with Crippen molar-refractivity contribution in [2.75, 3.05) is 36.4 Å². The minimum atomic E-state index is -0.790. The summed E-state index contributed by atoms with van der Waals surface area (Å²) in [7, 11) is 0. The van der Waals surface area contributed by atoms with Crippen molar-refractivity contribution in [2.45, 2.75) is 6.92 Å². The number of primary amides is 1. The number of piperazine rings is 1. The van der Waals surface area contributed by atoms with E-state index in [-0.39, 0.29) is 17.3 Å². The van der Waals surface area contributed by atoms with Crippen LogP contribution in [0, 0.1) is 6.92 Å². The fourth-order valence-electron chi connectivity index (χ4n) is 4.11. The van der Waals surface area contributed by atoms with E-state index in [1.807, 2.05) is 43.3 Å². The third kappa shape index (κ3) is 4.15. The highest BCUT2D eigenvalue weighted by Crippen LogP contribution is 2.25. The van der Waals surface area contributed by atoms with Crippen molar-refractivity contribution < 1.29 is 9.59 Å². The summed E-state index contributed by atoms with van der Waals surface area (Å²) in [6, 6.07) is 11.6. The van der Waals surface area contributed by atoms with Gasteiger partial charge in [-0.05, 0) is 42.8 Å². The summed E-state index contributed by atoms with van der Waals surface area (Å²) >= 11 is 3.45. The van der Waals surface area contributed by atoms with Gasteiger partial charge in [0.2, 0.25) is 5.95 Å². The monoisotopic (exact) mass is 522 g/mol. The molecule has 2 aromatic carbocycles. The molecule has 1 aliphatic heterocycles. The zero-order chi connectivity index (χ0) is 23.8. The number of nitrogens with one attached hydrogen (secondary N) is 3. The number of halogens is 1. The van der Waals surface area contributed by atoms with Crippen molar-refractivity contribution in [1.29, 1.82) is 0 Å². The number of benzene rings is 2. The van der Waals surface area contributed by atoms with E-state index >= 15 is 0 Å². The molecule has 2 aromatic heterocycles. The van der Waals surface area contributed by atoms with Crippen LogP contribution in [0.15, 0.2) is 47.2 Å². The van der Waals surface area contributed by atoms with E-state index < -0.39 is 11.8 Å². The number of aromatic nitrogens is 4. The Labute approximate surface area is 203 Å². The molecule has 3 heterocycles. The minimum absolute atomic E-state index is 0.0376. The summed E-state index contributed by atoms with van der Waals surface area (Å²) in [4.78, 5) is 39.4. The number of fused-ring (bicyclic) bond motifs is 1. The number of amides is 2. The van der Waals surface area contributed by atoms with Gasteiger partial charge >= 0.3 is 0 Å². The summed E-state index contributed by atoms with van der Waals surface area (Å²) in [5.41, 5.74) is 9.64. The van der Waals surface area contributed by atoms with Gasteiger partial charge in [0, 0.05) is 36.3 Å². The van der Waals surface area contributed by atoms with Gasteiger partial charge in [0.15, 0.2) is 5.69 Å². The normalized spacial score (nSPS) is 13.9. The van der Waals surface area contributed by atoms with Crippen molar-refractivity contribution in [2.24, 2.45) is 5.73 Å². The maximum Gasteiger partial charge on any atom is 0.277 e. The van der Waals surface area contributed by atoms with Crippen LogP contribution in [-0.2, 0) is 0 Å². The SMILES string of the molecule is Cc1ccc(Br)cc1-n1cnc(C(N)=O)c1C(=O)Nc1nc2cc(N3CCNCC3)ccc2[nH]1. The zero-order valence-corrected chi connectivity index (χ0v) is 20.0. The number of imidazole rings is 2. The predicted octanol–water partition coefficient (Wildman–Crippen LogP) is 2.58. The number of nitrogens with zero attached hydrogens (tertiary/aromatic N) is 4. The van der Waals surface area contributed by atoms with E-state index in [0.29, 0.717) is 5.69 Å². The maximum atomic E-state index is 13.3. The predicted molar refractivity (Wildman–Crippen MR) is 134 cm³/mol. The number of anilines is 2.